The van der Waals surface area contributed by atoms with Crippen molar-refractivity contribution in [3.63, 3.8) is 0 Å². The molecule has 80 valence electrons. The van der Waals surface area contributed by atoms with Crippen LogP contribution in [0.5, 0.6) is 0 Å². The minimum Gasteiger partial charge on any atom is -0.316 e. The summed E-state index contributed by atoms with van der Waals surface area (Å²) in [5, 5.41) is 8.69. The van der Waals surface area contributed by atoms with Gasteiger partial charge in [0.1, 0.15) is 0 Å². The fourth-order valence-corrected chi connectivity index (χ4v) is 1.90. The normalized spacial score (nSPS) is 14.3. The fourth-order valence-electron chi connectivity index (χ4n) is 1.63. The summed E-state index contributed by atoms with van der Waals surface area (Å²) < 4.78 is 1.07. The van der Waals surface area contributed by atoms with Gasteiger partial charge in [-0.1, -0.05) is 35.0 Å². The number of nitrogens with two attached hydrogens (primary N) is 1. The Morgan fingerprint density at radius 2 is 2.00 bits per heavy atom. The lowest BCUT2D eigenvalue weighted by Crippen LogP contribution is -2.20. The van der Waals surface area contributed by atoms with Crippen molar-refractivity contribution >= 4 is 15.9 Å². The van der Waals surface area contributed by atoms with Gasteiger partial charge in [0.05, 0.1) is 12.1 Å². The van der Waals surface area contributed by atoms with E-state index in [9.17, 15) is 0 Å². The third-order valence-corrected chi connectivity index (χ3v) is 3.07. The van der Waals surface area contributed by atoms with Crippen molar-refractivity contribution in [3.8, 4) is 6.07 Å². The Balaban J connectivity index is 2.75. The number of hydrogen-bond acceptors (Lipinski definition) is 2. The fraction of sp³-hybridized carbons (Fsp3) is 0.417. The molecule has 1 aromatic rings. The van der Waals surface area contributed by atoms with E-state index in [0.717, 1.165) is 17.3 Å². The summed E-state index contributed by atoms with van der Waals surface area (Å²) in [5.74, 6) is 0.382. The topological polar surface area (TPSA) is 49.8 Å². The maximum atomic E-state index is 8.69. The first-order valence-electron chi connectivity index (χ1n) is 5.08. The van der Waals surface area contributed by atoms with Gasteiger partial charge >= 0.3 is 0 Å². The van der Waals surface area contributed by atoms with E-state index in [2.05, 4.69) is 41.1 Å². The van der Waals surface area contributed by atoms with Crippen molar-refractivity contribution in [2.75, 3.05) is 0 Å². The molecule has 0 bridgehead atoms. The van der Waals surface area contributed by atoms with Crippen LogP contribution in [0, 0.1) is 11.3 Å². The summed E-state index contributed by atoms with van der Waals surface area (Å²) in [6.45, 7) is 2.12. The molecule has 2 N–H and O–H groups in total. The Kier molecular flexibility index (Phi) is 4.80. The van der Waals surface area contributed by atoms with Crippen molar-refractivity contribution in [2.24, 2.45) is 5.73 Å². The monoisotopic (exact) mass is 266 g/mol. The van der Waals surface area contributed by atoms with Gasteiger partial charge < -0.3 is 5.73 Å². The van der Waals surface area contributed by atoms with Gasteiger partial charge in [0.25, 0.3) is 0 Å². The van der Waals surface area contributed by atoms with Gasteiger partial charge in [0.15, 0.2) is 0 Å². The Labute approximate surface area is 99.2 Å². The highest BCUT2D eigenvalue weighted by molar-refractivity contribution is 9.10. The molecule has 0 saturated heterocycles. The second kappa shape index (κ2) is 5.89. The van der Waals surface area contributed by atoms with Crippen molar-refractivity contribution in [2.45, 2.75) is 31.7 Å². The highest BCUT2D eigenvalue weighted by Crippen LogP contribution is 2.25. The van der Waals surface area contributed by atoms with Crippen LogP contribution in [0.25, 0.3) is 0 Å². The number of rotatable bonds is 4. The molecule has 0 radical (unpaired) electrons. The quantitative estimate of drug-likeness (QED) is 0.910. The summed E-state index contributed by atoms with van der Waals surface area (Å²) in [6.07, 6.45) is 1.74. The number of halogens is 1. The number of benzene rings is 1. The molecule has 15 heavy (non-hydrogen) atoms. The second-order valence-electron chi connectivity index (χ2n) is 3.63. The zero-order chi connectivity index (χ0) is 11.3. The van der Waals surface area contributed by atoms with E-state index >= 15 is 0 Å². The standard InChI is InChI=1S/C12H15BrN2/c1-2-9(7-12(15)8-14)10-3-5-11(13)6-4-10/h3-6,9,12H,2,7,15H2,1H3. The molecule has 0 heterocycles. The van der Waals surface area contributed by atoms with E-state index < -0.39 is 0 Å². The van der Waals surface area contributed by atoms with Gasteiger partial charge in [-0.2, -0.15) is 5.26 Å². The van der Waals surface area contributed by atoms with Crippen molar-refractivity contribution < 1.29 is 0 Å². The van der Waals surface area contributed by atoms with Crippen LogP contribution in [0.3, 0.4) is 0 Å². The van der Waals surface area contributed by atoms with Crippen LogP contribution in [0.15, 0.2) is 28.7 Å². The molecule has 0 fully saturated rings. The average Bonchev–Trinajstić information content (AvgIpc) is 2.27. The van der Waals surface area contributed by atoms with Crippen molar-refractivity contribution in [1.29, 1.82) is 5.26 Å². The molecule has 0 aliphatic heterocycles. The molecule has 0 aliphatic rings. The molecule has 1 rings (SSSR count). The molecule has 1 aromatic carbocycles. The zero-order valence-corrected chi connectivity index (χ0v) is 10.4. The van der Waals surface area contributed by atoms with Crippen LogP contribution in [-0.4, -0.2) is 6.04 Å². The molecule has 0 saturated carbocycles. The lowest BCUT2D eigenvalue weighted by Gasteiger charge is -2.16. The van der Waals surface area contributed by atoms with E-state index in [1.165, 1.54) is 5.56 Å². The van der Waals surface area contributed by atoms with Crippen LogP contribution in [0.2, 0.25) is 0 Å². The predicted molar refractivity (Wildman–Crippen MR) is 65.4 cm³/mol. The Hall–Kier alpha value is -0.850. The van der Waals surface area contributed by atoms with Crippen LogP contribution in [0.1, 0.15) is 31.2 Å². The minimum absolute atomic E-state index is 0.362. The first-order valence-corrected chi connectivity index (χ1v) is 5.87. The van der Waals surface area contributed by atoms with E-state index in [1.54, 1.807) is 0 Å². The third-order valence-electron chi connectivity index (χ3n) is 2.54. The zero-order valence-electron chi connectivity index (χ0n) is 8.78. The maximum Gasteiger partial charge on any atom is 0.0933 e. The summed E-state index contributed by atoms with van der Waals surface area (Å²) in [6, 6.07) is 9.94. The Morgan fingerprint density at radius 1 is 1.40 bits per heavy atom. The summed E-state index contributed by atoms with van der Waals surface area (Å²) in [5.41, 5.74) is 6.90. The first kappa shape index (κ1) is 12.2. The lowest BCUT2D eigenvalue weighted by atomic mass is 9.90. The van der Waals surface area contributed by atoms with E-state index in [1.807, 2.05) is 12.1 Å². The molecule has 3 heteroatoms. The van der Waals surface area contributed by atoms with Gasteiger partial charge in [-0.05, 0) is 36.5 Å². The van der Waals surface area contributed by atoms with E-state index in [-0.39, 0.29) is 6.04 Å². The Bertz CT molecular complexity index is 340. The van der Waals surface area contributed by atoms with Gasteiger partial charge in [0, 0.05) is 4.47 Å². The Morgan fingerprint density at radius 3 is 2.47 bits per heavy atom. The van der Waals surface area contributed by atoms with Gasteiger partial charge in [-0.15, -0.1) is 0 Å². The molecule has 0 aromatic heterocycles. The van der Waals surface area contributed by atoms with Crippen LogP contribution in [0.4, 0.5) is 0 Å². The number of hydrogen-bond donors (Lipinski definition) is 1. The van der Waals surface area contributed by atoms with Gasteiger partial charge in [0.2, 0.25) is 0 Å². The predicted octanol–water partition coefficient (Wildman–Crippen LogP) is 3.18. The molecular formula is C12H15BrN2. The highest BCUT2D eigenvalue weighted by atomic mass is 79.9. The summed E-state index contributed by atoms with van der Waals surface area (Å²) in [4.78, 5) is 0. The molecule has 2 unspecified atom stereocenters. The maximum absolute atomic E-state index is 8.69. The first-order chi connectivity index (χ1) is 7.17. The van der Waals surface area contributed by atoms with E-state index in [4.69, 9.17) is 11.0 Å². The number of nitrogens with zero attached hydrogens (tertiary/aromatic N) is 1. The molecule has 0 amide bonds. The SMILES string of the molecule is CCC(CC(N)C#N)c1ccc(Br)cc1. The minimum atomic E-state index is -0.362. The molecular weight excluding hydrogens is 252 g/mol. The average molecular weight is 267 g/mol. The van der Waals surface area contributed by atoms with E-state index in [0.29, 0.717) is 5.92 Å². The van der Waals surface area contributed by atoms with Crippen LogP contribution >= 0.6 is 15.9 Å². The smallest absolute Gasteiger partial charge is 0.0933 e. The third kappa shape index (κ3) is 3.65. The molecule has 2 atom stereocenters. The highest BCUT2D eigenvalue weighted by Gasteiger charge is 2.13. The lowest BCUT2D eigenvalue weighted by molar-refractivity contribution is 0.572. The second-order valence-corrected chi connectivity index (χ2v) is 4.54. The largest absolute Gasteiger partial charge is 0.316 e. The molecule has 2 nitrogen and oxygen atoms in total. The van der Waals surface area contributed by atoms with Gasteiger partial charge in [-0.3, -0.25) is 0 Å². The summed E-state index contributed by atoms with van der Waals surface area (Å²) >= 11 is 3.40. The van der Waals surface area contributed by atoms with Crippen LogP contribution in [-0.2, 0) is 0 Å². The summed E-state index contributed by atoms with van der Waals surface area (Å²) in [7, 11) is 0. The van der Waals surface area contributed by atoms with Crippen molar-refractivity contribution in [3.05, 3.63) is 34.3 Å². The number of nitriles is 1. The van der Waals surface area contributed by atoms with Gasteiger partial charge in [-0.25, -0.2) is 0 Å². The van der Waals surface area contributed by atoms with Crippen molar-refractivity contribution in [1.82, 2.24) is 0 Å². The molecule has 0 spiro atoms. The van der Waals surface area contributed by atoms with Crippen LogP contribution < -0.4 is 5.73 Å². The molecule has 0 aliphatic carbocycles.